The van der Waals surface area contributed by atoms with E-state index >= 15 is 0 Å². The minimum Gasteiger partial charge on any atom is -0.352 e. The molecule has 0 bridgehead atoms. The van der Waals surface area contributed by atoms with Gasteiger partial charge in [-0.15, -0.1) is 5.10 Å². The predicted molar refractivity (Wildman–Crippen MR) is 78.7 cm³/mol. The number of fused-ring (bicyclic) bond motifs is 1. The SMILES string of the molecule is Cc1cnn(C2CN(c3cc(C)nc4nc(C(F)(F)F)nn34)C2)c1. The summed E-state index contributed by atoms with van der Waals surface area (Å²) in [5.74, 6) is -0.669. The third kappa shape index (κ3) is 2.38. The summed E-state index contributed by atoms with van der Waals surface area (Å²) in [7, 11) is 0. The van der Waals surface area contributed by atoms with E-state index in [9.17, 15) is 13.2 Å². The zero-order valence-electron chi connectivity index (χ0n) is 13.0. The van der Waals surface area contributed by atoms with Crippen LogP contribution in [0.4, 0.5) is 19.0 Å². The van der Waals surface area contributed by atoms with E-state index in [1.807, 2.05) is 22.7 Å². The summed E-state index contributed by atoms with van der Waals surface area (Å²) in [6.07, 6.45) is -0.861. The van der Waals surface area contributed by atoms with Crippen LogP contribution in [0.1, 0.15) is 23.1 Å². The molecule has 126 valence electrons. The van der Waals surface area contributed by atoms with Gasteiger partial charge in [0.05, 0.1) is 12.2 Å². The molecule has 7 nitrogen and oxygen atoms in total. The van der Waals surface area contributed by atoms with Gasteiger partial charge in [-0.05, 0) is 19.4 Å². The molecule has 0 spiro atoms. The quantitative estimate of drug-likeness (QED) is 0.716. The Bertz CT molecular complexity index is 905. The number of aryl methyl sites for hydroxylation is 2. The highest BCUT2D eigenvalue weighted by molar-refractivity contribution is 5.50. The van der Waals surface area contributed by atoms with Crippen LogP contribution >= 0.6 is 0 Å². The number of halogens is 3. The molecular formula is C14H14F3N7. The molecule has 1 saturated heterocycles. The third-order valence-electron chi connectivity index (χ3n) is 3.97. The number of nitrogens with zero attached hydrogens (tertiary/aromatic N) is 7. The molecule has 24 heavy (non-hydrogen) atoms. The van der Waals surface area contributed by atoms with Crippen molar-refractivity contribution < 1.29 is 13.2 Å². The average molecular weight is 337 g/mol. The van der Waals surface area contributed by atoms with E-state index in [0.29, 0.717) is 24.6 Å². The molecular weight excluding hydrogens is 323 g/mol. The van der Waals surface area contributed by atoms with Gasteiger partial charge in [0.2, 0.25) is 0 Å². The highest BCUT2D eigenvalue weighted by Gasteiger charge is 2.38. The third-order valence-corrected chi connectivity index (χ3v) is 3.97. The largest absolute Gasteiger partial charge is 0.453 e. The van der Waals surface area contributed by atoms with Crippen molar-refractivity contribution >= 4 is 11.6 Å². The Morgan fingerprint density at radius 1 is 1.17 bits per heavy atom. The first-order valence-electron chi connectivity index (χ1n) is 7.38. The highest BCUT2D eigenvalue weighted by Crippen LogP contribution is 2.30. The summed E-state index contributed by atoms with van der Waals surface area (Å²) in [5.41, 5.74) is 1.67. The van der Waals surface area contributed by atoms with Crippen LogP contribution in [-0.4, -0.2) is 42.5 Å². The lowest BCUT2D eigenvalue weighted by Crippen LogP contribution is -2.48. The van der Waals surface area contributed by atoms with E-state index in [1.165, 1.54) is 0 Å². The van der Waals surface area contributed by atoms with Crippen molar-refractivity contribution in [2.45, 2.75) is 26.1 Å². The van der Waals surface area contributed by atoms with Crippen molar-refractivity contribution in [3.63, 3.8) is 0 Å². The molecule has 4 heterocycles. The van der Waals surface area contributed by atoms with Gasteiger partial charge in [0.25, 0.3) is 11.6 Å². The fourth-order valence-corrected chi connectivity index (χ4v) is 2.76. The fraction of sp³-hybridized carbons (Fsp3) is 0.429. The van der Waals surface area contributed by atoms with Crippen molar-refractivity contribution in [3.8, 4) is 0 Å². The van der Waals surface area contributed by atoms with Gasteiger partial charge in [-0.25, -0.2) is 4.98 Å². The second-order valence-electron chi connectivity index (χ2n) is 5.96. The van der Waals surface area contributed by atoms with Gasteiger partial charge < -0.3 is 4.90 Å². The van der Waals surface area contributed by atoms with Crippen LogP contribution in [0.5, 0.6) is 0 Å². The van der Waals surface area contributed by atoms with Gasteiger partial charge in [-0.1, -0.05) is 0 Å². The van der Waals surface area contributed by atoms with E-state index in [4.69, 9.17) is 0 Å². The minimum absolute atomic E-state index is 0.0456. The van der Waals surface area contributed by atoms with Gasteiger partial charge in [-0.3, -0.25) is 4.68 Å². The predicted octanol–water partition coefficient (Wildman–Crippen LogP) is 2.02. The lowest BCUT2D eigenvalue weighted by atomic mass is 10.1. The zero-order chi connectivity index (χ0) is 17.1. The molecule has 4 rings (SSSR count). The van der Waals surface area contributed by atoms with Crippen LogP contribution in [0, 0.1) is 13.8 Å². The van der Waals surface area contributed by atoms with Crippen molar-refractivity contribution in [2.75, 3.05) is 18.0 Å². The Kier molecular flexibility index (Phi) is 3.06. The van der Waals surface area contributed by atoms with Gasteiger partial charge in [0, 0.05) is 31.0 Å². The van der Waals surface area contributed by atoms with Crippen LogP contribution in [0.2, 0.25) is 0 Å². The number of aromatic nitrogens is 6. The standard InChI is InChI=1S/C14H14F3N7/c1-8-4-18-23(5-8)10-6-22(7-10)11-3-9(2)19-13-20-12(14(15,16)17)21-24(11)13/h3-5,10H,6-7H2,1-2H3. The molecule has 0 aliphatic carbocycles. The number of alkyl halides is 3. The lowest BCUT2D eigenvalue weighted by Gasteiger charge is -2.40. The minimum atomic E-state index is -4.59. The van der Waals surface area contributed by atoms with E-state index in [-0.39, 0.29) is 11.8 Å². The molecule has 0 atom stereocenters. The second kappa shape index (κ2) is 4.92. The molecule has 3 aromatic heterocycles. The van der Waals surface area contributed by atoms with E-state index in [2.05, 4.69) is 20.2 Å². The molecule has 1 aliphatic rings. The molecule has 10 heteroatoms. The first-order chi connectivity index (χ1) is 11.3. The Labute approximate surface area is 134 Å². The Morgan fingerprint density at radius 2 is 1.92 bits per heavy atom. The number of rotatable bonds is 2. The molecule has 1 aliphatic heterocycles. The highest BCUT2D eigenvalue weighted by atomic mass is 19.4. The van der Waals surface area contributed by atoms with Crippen molar-refractivity contribution in [3.05, 3.63) is 35.5 Å². The summed E-state index contributed by atoms with van der Waals surface area (Å²) in [6.45, 7) is 4.96. The number of hydrogen-bond acceptors (Lipinski definition) is 5. The maximum atomic E-state index is 12.8. The van der Waals surface area contributed by atoms with E-state index < -0.39 is 12.0 Å². The number of hydrogen-bond donors (Lipinski definition) is 0. The molecule has 3 aromatic rings. The first-order valence-corrected chi connectivity index (χ1v) is 7.38. The number of anilines is 1. The average Bonchev–Trinajstić information content (AvgIpc) is 3.02. The molecule has 0 radical (unpaired) electrons. The molecule has 1 fully saturated rings. The lowest BCUT2D eigenvalue weighted by molar-refractivity contribution is -0.144. The van der Waals surface area contributed by atoms with Gasteiger partial charge in [0.1, 0.15) is 5.82 Å². The van der Waals surface area contributed by atoms with Crippen molar-refractivity contribution in [2.24, 2.45) is 0 Å². The monoisotopic (exact) mass is 337 g/mol. The van der Waals surface area contributed by atoms with Gasteiger partial charge >= 0.3 is 6.18 Å². The summed E-state index contributed by atoms with van der Waals surface area (Å²) >= 11 is 0. The molecule has 0 saturated carbocycles. The summed E-state index contributed by atoms with van der Waals surface area (Å²) in [6, 6.07) is 1.90. The van der Waals surface area contributed by atoms with Gasteiger partial charge in [0.15, 0.2) is 0 Å². The van der Waals surface area contributed by atoms with E-state index in [0.717, 1.165) is 10.1 Å². The van der Waals surface area contributed by atoms with Gasteiger partial charge in [-0.2, -0.15) is 27.8 Å². The smallest absolute Gasteiger partial charge is 0.352 e. The Morgan fingerprint density at radius 3 is 2.54 bits per heavy atom. The van der Waals surface area contributed by atoms with Crippen LogP contribution < -0.4 is 4.90 Å². The summed E-state index contributed by atoms with van der Waals surface area (Å²) in [4.78, 5) is 9.48. The van der Waals surface area contributed by atoms with Crippen LogP contribution in [0.3, 0.4) is 0 Å². The van der Waals surface area contributed by atoms with Crippen LogP contribution in [0.15, 0.2) is 18.5 Å². The van der Waals surface area contributed by atoms with Crippen molar-refractivity contribution in [1.29, 1.82) is 0 Å². The molecule has 0 unspecified atom stereocenters. The summed E-state index contributed by atoms with van der Waals surface area (Å²) in [5, 5.41) is 7.86. The topological polar surface area (TPSA) is 64.1 Å². The Hall–Kier alpha value is -2.65. The zero-order valence-corrected chi connectivity index (χ0v) is 13.0. The maximum Gasteiger partial charge on any atom is 0.453 e. The summed E-state index contributed by atoms with van der Waals surface area (Å²) < 4.78 is 41.6. The van der Waals surface area contributed by atoms with E-state index in [1.54, 1.807) is 19.2 Å². The first kappa shape index (κ1) is 14.9. The van der Waals surface area contributed by atoms with Crippen LogP contribution in [-0.2, 0) is 6.18 Å². The second-order valence-corrected chi connectivity index (χ2v) is 5.96. The fourth-order valence-electron chi connectivity index (χ4n) is 2.76. The molecule has 0 aromatic carbocycles. The normalized spacial score (nSPS) is 16.0. The van der Waals surface area contributed by atoms with Crippen LogP contribution in [0.25, 0.3) is 5.78 Å². The Balaban J connectivity index is 1.66. The molecule has 0 N–H and O–H groups in total. The maximum absolute atomic E-state index is 12.8. The molecule has 0 amide bonds. The van der Waals surface area contributed by atoms with Crippen molar-refractivity contribution in [1.82, 2.24) is 29.4 Å².